The summed E-state index contributed by atoms with van der Waals surface area (Å²) >= 11 is 0. The minimum absolute atomic E-state index is 0.336. The zero-order valence-corrected chi connectivity index (χ0v) is 11.3. The van der Waals surface area contributed by atoms with E-state index < -0.39 is 0 Å². The van der Waals surface area contributed by atoms with Gasteiger partial charge in [-0.15, -0.1) is 0 Å². The van der Waals surface area contributed by atoms with Crippen molar-refractivity contribution in [3.8, 4) is 0 Å². The second-order valence-corrected chi connectivity index (χ2v) is 5.08. The lowest BCUT2D eigenvalue weighted by Gasteiger charge is -2.30. The van der Waals surface area contributed by atoms with Crippen molar-refractivity contribution in [2.75, 3.05) is 26.7 Å². The van der Waals surface area contributed by atoms with Gasteiger partial charge in [0.05, 0.1) is 6.10 Å². The van der Waals surface area contributed by atoms with Gasteiger partial charge in [-0.3, -0.25) is 4.90 Å². The van der Waals surface area contributed by atoms with Crippen molar-refractivity contribution >= 4 is 0 Å². The van der Waals surface area contributed by atoms with Crippen LogP contribution in [0.2, 0.25) is 0 Å². The van der Waals surface area contributed by atoms with Crippen LogP contribution in [-0.4, -0.2) is 49.8 Å². The second-order valence-electron chi connectivity index (χ2n) is 5.08. The van der Waals surface area contributed by atoms with Gasteiger partial charge in [0.25, 0.3) is 0 Å². The number of rotatable bonds is 5. The Morgan fingerprint density at radius 1 is 1.50 bits per heavy atom. The maximum Gasteiger partial charge on any atom is 0.0670 e. The van der Waals surface area contributed by atoms with Crippen LogP contribution in [0, 0.1) is 0 Å². The van der Waals surface area contributed by atoms with E-state index in [0.29, 0.717) is 18.2 Å². The van der Waals surface area contributed by atoms with Gasteiger partial charge in [-0.2, -0.15) is 0 Å². The van der Waals surface area contributed by atoms with E-state index in [4.69, 9.17) is 4.74 Å². The molecule has 1 N–H and O–H groups in total. The van der Waals surface area contributed by atoms with Crippen molar-refractivity contribution in [2.24, 2.45) is 0 Å². The summed E-state index contributed by atoms with van der Waals surface area (Å²) in [5.41, 5.74) is 0. The molecular weight excluding hydrogens is 200 g/mol. The van der Waals surface area contributed by atoms with E-state index in [9.17, 15) is 0 Å². The molecule has 3 atom stereocenters. The number of nitrogens with zero attached hydrogens (tertiary/aromatic N) is 1. The number of nitrogens with one attached hydrogen (secondary N) is 1. The van der Waals surface area contributed by atoms with Crippen molar-refractivity contribution in [1.82, 2.24) is 10.2 Å². The maximum atomic E-state index is 5.38. The molecular formula is C13H28N2O. The topological polar surface area (TPSA) is 24.5 Å². The predicted molar refractivity (Wildman–Crippen MR) is 68.8 cm³/mol. The summed E-state index contributed by atoms with van der Waals surface area (Å²) in [6, 6.07) is 1.34. The van der Waals surface area contributed by atoms with E-state index in [-0.39, 0.29) is 0 Å². The number of hydrogen-bond donors (Lipinski definition) is 1. The fraction of sp³-hybridized carbons (Fsp3) is 1.00. The summed E-state index contributed by atoms with van der Waals surface area (Å²) in [6.45, 7) is 10.1. The van der Waals surface area contributed by atoms with E-state index in [0.717, 1.165) is 13.1 Å². The molecule has 3 nitrogen and oxygen atoms in total. The summed E-state index contributed by atoms with van der Waals surface area (Å²) in [6.07, 6.45) is 4.13. The van der Waals surface area contributed by atoms with Crippen LogP contribution in [0.25, 0.3) is 0 Å². The SMILES string of the molecule is CCCC1CN(CC(C)OC)C(C)CCN1. The van der Waals surface area contributed by atoms with Gasteiger partial charge in [-0.25, -0.2) is 0 Å². The van der Waals surface area contributed by atoms with Gasteiger partial charge in [-0.05, 0) is 33.2 Å². The minimum Gasteiger partial charge on any atom is -0.380 e. The largest absolute Gasteiger partial charge is 0.380 e. The molecule has 0 aromatic carbocycles. The third-order valence-electron chi connectivity index (χ3n) is 3.60. The molecule has 0 aliphatic carbocycles. The Kier molecular flexibility index (Phi) is 6.32. The zero-order valence-electron chi connectivity index (χ0n) is 11.3. The Bertz CT molecular complexity index is 187. The van der Waals surface area contributed by atoms with Gasteiger partial charge in [0.2, 0.25) is 0 Å². The standard InChI is InChI=1S/C13H28N2O/c1-5-6-13-10-15(9-12(3)16-4)11(2)7-8-14-13/h11-14H,5-10H2,1-4H3. The lowest BCUT2D eigenvalue weighted by atomic mass is 10.1. The summed E-state index contributed by atoms with van der Waals surface area (Å²) in [5.74, 6) is 0. The molecule has 3 unspecified atom stereocenters. The molecule has 1 aliphatic rings. The molecule has 0 aromatic heterocycles. The average molecular weight is 228 g/mol. The first-order chi connectivity index (χ1) is 7.67. The van der Waals surface area contributed by atoms with Crippen LogP contribution in [0.1, 0.15) is 40.0 Å². The second kappa shape index (κ2) is 7.25. The van der Waals surface area contributed by atoms with Gasteiger partial charge in [0.15, 0.2) is 0 Å². The Balaban J connectivity index is 2.49. The van der Waals surface area contributed by atoms with Crippen molar-refractivity contribution < 1.29 is 4.74 Å². The summed E-state index contributed by atoms with van der Waals surface area (Å²) in [5, 5.41) is 3.65. The first-order valence-corrected chi connectivity index (χ1v) is 6.67. The molecule has 3 heteroatoms. The van der Waals surface area contributed by atoms with E-state index in [1.54, 1.807) is 7.11 Å². The van der Waals surface area contributed by atoms with Crippen molar-refractivity contribution in [3.63, 3.8) is 0 Å². The first-order valence-electron chi connectivity index (χ1n) is 6.67. The number of hydrogen-bond acceptors (Lipinski definition) is 3. The molecule has 1 fully saturated rings. The highest BCUT2D eigenvalue weighted by molar-refractivity contribution is 4.81. The van der Waals surface area contributed by atoms with Gasteiger partial charge >= 0.3 is 0 Å². The Morgan fingerprint density at radius 2 is 2.25 bits per heavy atom. The third kappa shape index (κ3) is 4.40. The van der Waals surface area contributed by atoms with E-state index in [1.165, 1.54) is 25.8 Å². The minimum atomic E-state index is 0.336. The molecule has 0 bridgehead atoms. The van der Waals surface area contributed by atoms with Gasteiger partial charge in [0.1, 0.15) is 0 Å². The molecule has 0 radical (unpaired) electrons. The van der Waals surface area contributed by atoms with Crippen LogP contribution < -0.4 is 5.32 Å². The quantitative estimate of drug-likeness (QED) is 0.777. The normalized spacial score (nSPS) is 30.0. The zero-order chi connectivity index (χ0) is 12.0. The van der Waals surface area contributed by atoms with Crippen molar-refractivity contribution in [1.29, 1.82) is 0 Å². The number of ether oxygens (including phenoxy) is 1. The van der Waals surface area contributed by atoms with Crippen LogP contribution in [0.4, 0.5) is 0 Å². The molecule has 0 amide bonds. The van der Waals surface area contributed by atoms with Gasteiger partial charge < -0.3 is 10.1 Å². The predicted octanol–water partition coefficient (Wildman–Crippen LogP) is 1.87. The Morgan fingerprint density at radius 3 is 2.88 bits per heavy atom. The molecule has 1 rings (SSSR count). The van der Waals surface area contributed by atoms with E-state index in [1.807, 2.05) is 0 Å². The monoisotopic (exact) mass is 228 g/mol. The maximum absolute atomic E-state index is 5.38. The molecule has 16 heavy (non-hydrogen) atoms. The van der Waals surface area contributed by atoms with Crippen LogP contribution in [0.15, 0.2) is 0 Å². The van der Waals surface area contributed by atoms with Gasteiger partial charge in [0, 0.05) is 32.3 Å². The molecule has 1 saturated heterocycles. The summed E-state index contributed by atoms with van der Waals surface area (Å²) < 4.78 is 5.38. The van der Waals surface area contributed by atoms with Gasteiger partial charge in [-0.1, -0.05) is 13.3 Å². The highest BCUT2D eigenvalue weighted by Crippen LogP contribution is 2.12. The molecule has 1 aliphatic heterocycles. The number of methoxy groups -OCH3 is 1. The fourth-order valence-corrected chi connectivity index (χ4v) is 2.41. The Hall–Kier alpha value is -0.120. The molecule has 0 saturated carbocycles. The smallest absolute Gasteiger partial charge is 0.0670 e. The first kappa shape index (κ1) is 13.9. The average Bonchev–Trinajstić information content (AvgIpc) is 2.42. The fourth-order valence-electron chi connectivity index (χ4n) is 2.41. The Labute approximate surface area is 101 Å². The molecule has 0 aromatic rings. The van der Waals surface area contributed by atoms with Crippen molar-refractivity contribution in [3.05, 3.63) is 0 Å². The van der Waals surface area contributed by atoms with E-state index in [2.05, 4.69) is 31.0 Å². The van der Waals surface area contributed by atoms with Crippen LogP contribution in [0.5, 0.6) is 0 Å². The van der Waals surface area contributed by atoms with Crippen LogP contribution >= 0.6 is 0 Å². The van der Waals surface area contributed by atoms with Crippen LogP contribution in [0.3, 0.4) is 0 Å². The molecule has 96 valence electrons. The lowest BCUT2D eigenvalue weighted by Crippen LogP contribution is -2.43. The van der Waals surface area contributed by atoms with Crippen molar-refractivity contribution in [2.45, 2.75) is 58.2 Å². The van der Waals surface area contributed by atoms with E-state index >= 15 is 0 Å². The van der Waals surface area contributed by atoms with Crippen LogP contribution in [-0.2, 0) is 4.74 Å². The molecule has 1 heterocycles. The molecule has 0 spiro atoms. The summed E-state index contributed by atoms with van der Waals surface area (Å²) in [4.78, 5) is 2.58. The highest BCUT2D eigenvalue weighted by atomic mass is 16.5. The summed E-state index contributed by atoms with van der Waals surface area (Å²) in [7, 11) is 1.80. The lowest BCUT2D eigenvalue weighted by molar-refractivity contribution is 0.0616. The third-order valence-corrected chi connectivity index (χ3v) is 3.60. The highest BCUT2D eigenvalue weighted by Gasteiger charge is 2.23.